The van der Waals surface area contributed by atoms with Gasteiger partial charge in [-0.2, -0.15) is 4.31 Å². The molecule has 1 aliphatic rings. The van der Waals surface area contributed by atoms with Gasteiger partial charge in [-0.25, -0.2) is 8.42 Å². The van der Waals surface area contributed by atoms with Gasteiger partial charge < -0.3 is 5.73 Å². The number of nitro groups is 1. The zero-order valence-electron chi connectivity index (χ0n) is 10.3. The molecule has 7 nitrogen and oxygen atoms in total. The molecule has 0 aliphatic carbocycles. The fraction of sp³-hybridized carbons (Fsp3) is 0.455. The van der Waals surface area contributed by atoms with Crippen LogP contribution in [0.3, 0.4) is 0 Å². The van der Waals surface area contributed by atoms with E-state index in [4.69, 9.17) is 5.73 Å². The normalized spacial score (nSPS) is 17.3. The Hall–Kier alpha value is -1.67. The van der Waals surface area contributed by atoms with E-state index < -0.39 is 20.6 Å². The zero-order valence-corrected chi connectivity index (χ0v) is 11.1. The van der Waals surface area contributed by atoms with E-state index in [1.807, 2.05) is 0 Å². The maximum atomic E-state index is 12.4. The lowest BCUT2D eigenvalue weighted by atomic mass is 10.2. The average Bonchev–Trinajstić information content (AvgIpc) is 2.39. The van der Waals surface area contributed by atoms with Crippen molar-refractivity contribution < 1.29 is 13.3 Å². The molecule has 104 valence electrons. The first-order valence-corrected chi connectivity index (χ1v) is 7.41. The van der Waals surface area contributed by atoms with E-state index in [1.54, 1.807) is 0 Å². The van der Waals surface area contributed by atoms with Crippen molar-refractivity contribution in [2.45, 2.75) is 24.2 Å². The number of piperidine rings is 1. The summed E-state index contributed by atoms with van der Waals surface area (Å²) in [4.78, 5) is 9.97. The Bertz CT molecular complexity index is 594. The number of anilines is 1. The van der Waals surface area contributed by atoms with Crippen molar-refractivity contribution in [3.63, 3.8) is 0 Å². The number of nitrogens with zero attached hydrogens (tertiary/aromatic N) is 2. The van der Waals surface area contributed by atoms with Gasteiger partial charge in [0, 0.05) is 24.8 Å². The van der Waals surface area contributed by atoms with Crippen LogP contribution >= 0.6 is 0 Å². The van der Waals surface area contributed by atoms with Gasteiger partial charge >= 0.3 is 0 Å². The SMILES string of the molecule is Nc1ccc(S(=O)(=O)N2CCCCC2)c([N+](=O)[O-])c1. The van der Waals surface area contributed by atoms with Crippen LogP contribution < -0.4 is 5.73 Å². The van der Waals surface area contributed by atoms with Gasteiger partial charge in [-0.05, 0) is 25.0 Å². The van der Waals surface area contributed by atoms with Crippen molar-refractivity contribution in [3.05, 3.63) is 28.3 Å². The van der Waals surface area contributed by atoms with Crippen LogP contribution in [0.25, 0.3) is 0 Å². The molecule has 0 saturated carbocycles. The molecule has 0 aromatic heterocycles. The Kier molecular flexibility index (Phi) is 3.72. The molecule has 1 fully saturated rings. The van der Waals surface area contributed by atoms with Gasteiger partial charge in [-0.1, -0.05) is 6.42 Å². The molecular weight excluding hydrogens is 270 g/mol. The van der Waals surface area contributed by atoms with Gasteiger partial charge in [-0.3, -0.25) is 10.1 Å². The number of nitro benzene ring substituents is 1. The summed E-state index contributed by atoms with van der Waals surface area (Å²) >= 11 is 0. The molecule has 0 bridgehead atoms. The molecule has 19 heavy (non-hydrogen) atoms. The molecule has 0 spiro atoms. The standard InChI is InChI=1S/C11H15N3O4S/c12-9-4-5-11(10(8-9)14(15)16)19(17,18)13-6-2-1-3-7-13/h4-5,8H,1-3,6-7,12H2. The van der Waals surface area contributed by atoms with Crippen molar-refractivity contribution in [3.8, 4) is 0 Å². The minimum Gasteiger partial charge on any atom is -0.399 e. The summed E-state index contributed by atoms with van der Waals surface area (Å²) in [6.07, 6.45) is 2.54. The minimum absolute atomic E-state index is 0.171. The number of benzene rings is 1. The van der Waals surface area contributed by atoms with Crippen LogP contribution in [0, 0.1) is 10.1 Å². The summed E-state index contributed by atoms with van der Waals surface area (Å²) < 4.78 is 26.1. The fourth-order valence-electron chi connectivity index (χ4n) is 2.14. The fourth-order valence-corrected chi connectivity index (χ4v) is 3.79. The zero-order chi connectivity index (χ0) is 14.0. The van der Waals surface area contributed by atoms with Gasteiger partial charge in [0.1, 0.15) is 0 Å². The third-order valence-corrected chi connectivity index (χ3v) is 5.06. The van der Waals surface area contributed by atoms with Crippen molar-refractivity contribution in [2.75, 3.05) is 18.8 Å². The molecule has 0 radical (unpaired) electrons. The monoisotopic (exact) mass is 285 g/mol. The summed E-state index contributed by atoms with van der Waals surface area (Å²) in [7, 11) is -3.82. The van der Waals surface area contributed by atoms with E-state index >= 15 is 0 Å². The average molecular weight is 285 g/mol. The molecule has 2 rings (SSSR count). The van der Waals surface area contributed by atoms with Crippen LogP contribution in [0.2, 0.25) is 0 Å². The second-order valence-electron chi connectivity index (χ2n) is 4.45. The Morgan fingerprint density at radius 2 is 1.84 bits per heavy atom. The van der Waals surface area contributed by atoms with E-state index in [0.29, 0.717) is 13.1 Å². The quantitative estimate of drug-likeness (QED) is 0.512. The smallest absolute Gasteiger partial charge is 0.291 e. The molecule has 8 heteroatoms. The van der Waals surface area contributed by atoms with E-state index in [2.05, 4.69) is 0 Å². The van der Waals surface area contributed by atoms with Crippen LogP contribution in [0.5, 0.6) is 0 Å². The highest BCUT2D eigenvalue weighted by Crippen LogP contribution is 2.29. The Balaban J connectivity index is 2.48. The summed E-state index contributed by atoms with van der Waals surface area (Å²) in [5, 5.41) is 11.0. The lowest BCUT2D eigenvalue weighted by Gasteiger charge is -2.25. The third kappa shape index (κ3) is 2.69. The number of nitrogens with two attached hydrogens (primary N) is 1. The molecule has 1 aromatic rings. The van der Waals surface area contributed by atoms with Crippen LogP contribution in [0.4, 0.5) is 11.4 Å². The molecular formula is C11H15N3O4S. The Morgan fingerprint density at radius 1 is 1.21 bits per heavy atom. The van der Waals surface area contributed by atoms with E-state index in [-0.39, 0.29) is 10.6 Å². The predicted octanol–water partition coefficient (Wildman–Crippen LogP) is 1.35. The number of sulfonamides is 1. The number of hydrogen-bond donors (Lipinski definition) is 1. The van der Waals surface area contributed by atoms with Crippen LogP contribution in [0.1, 0.15) is 19.3 Å². The van der Waals surface area contributed by atoms with Crippen molar-refractivity contribution in [1.29, 1.82) is 0 Å². The van der Waals surface area contributed by atoms with Crippen LogP contribution in [-0.4, -0.2) is 30.7 Å². The molecule has 1 saturated heterocycles. The summed E-state index contributed by atoms with van der Waals surface area (Å²) in [6, 6.07) is 3.65. The molecule has 1 heterocycles. The summed E-state index contributed by atoms with van der Waals surface area (Å²) in [6.45, 7) is 0.813. The number of nitrogen functional groups attached to an aromatic ring is 1. The van der Waals surface area contributed by atoms with E-state index in [9.17, 15) is 18.5 Å². The highest BCUT2D eigenvalue weighted by atomic mass is 32.2. The maximum Gasteiger partial charge on any atom is 0.291 e. The van der Waals surface area contributed by atoms with Crippen molar-refractivity contribution >= 4 is 21.4 Å². The first-order valence-electron chi connectivity index (χ1n) is 5.97. The third-order valence-electron chi connectivity index (χ3n) is 3.11. The maximum absolute atomic E-state index is 12.4. The first-order chi connectivity index (χ1) is 8.93. The highest BCUT2D eigenvalue weighted by molar-refractivity contribution is 7.89. The van der Waals surface area contributed by atoms with Crippen molar-refractivity contribution in [1.82, 2.24) is 4.31 Å². The number of hydrogen-bond acceptors (Lipinski definition) is 5. The van der Waals surface area contributed by atoms with Crippen LogP contribution in [-0.2, 0) is 10.0 Å². The minimum atomic E-state index is -3.82. The highest BCUT2D eigenvalue weighted by Gasteiger charge is 2.32. The second kappa shape index (κ2) is 5.14. The molecule has 1 aromatic carbocycles. The van der Waals surface area contributed by atoms with E-state index in [1.165, 1.54) is 16.4 Å². The van der Waals surface area contributed by atoms with Gasteiger partial charge in [0.25, 0.3) is 5.69 Å². The largest absolute Gasteiger partial charge is 0.399 e. The Labute approximate surface area is 111 Å². The Morgan fingerprint density at radius 3 is 2.42 bits per heavy atom. The molecule has 1 aliphatic heterocycles. The summed E-state index contributed by atoms with van der Waals surface area (Å²) in [5.41, 5.74) is 5.18. The first kappa shape index (κ1) is 13.8. The lowest BCUT2D eigenvalue weighted by Crippen LogP contribution is -2.35. The van der Waals surface area contributed by atoms with Gasteiger partial charge in [0.15, 0.2) is 4.90 Å². The predicted molar refractivity (Wildman–Crippen MR) is 70.1 cm³/mol. The molecule has 0 amide bonds. The molecule has 2 N–H and O–H groups in total. The second-order valence-corrected chi connectivity index (χ2v) is 6.36. The van der Waals surface area contributed by atoms with Crippen LogP contribution in [0.15, 0.2) is 23.1 Å². The van der Waals surface area contributed by atoms with Gasteiger partial charge in [-0.15, -0.1) is 0 Å². The lowest BCUT2D eigenvalue weighted by molar-refractivity contribution is -0.387. The number of rotatable bonds is 3. The molecule has 0 atom stereocenters. The van der Waals surface area contributed by atoms with Gasteiger partial charge in [0.05, 0.1) is 4.92 Å². The van der Waals surface area contributed by atoms with Gasteiger partial charge in [0.2, 0.25) is 10.0 Å². The summed E-state index contributed by atoms with van der Waals surface area (Å²) in [5.74, 6) is 0. The topological polar surface area (TPSA) is 107 Å². The van der Waals surface area contributed by atoms with Crippen molar-refractivity contribution in [2.24, 2.45) is 0 Å². The molecule has 0 unspecified atom stereocenters. The van der Waals surface area contributed by atoms with E-state index in [0.717, 1.165) is 25.3 Å².